The van der Waals surface area contributed by atoms with E-state index >= 15 is 0 Å². The van der Waals surface area contributed by atoms with Crippen LogP contribution in [0.1, 0.15) is 30.1 Å². The summed E-state index contributed by atoms with van der Waals surface area (Å²) in [6.07, 6.45) is 2.59. The van der Waals surface area contributed by atoms with Gasteiger partial charge in [0.2, 0.25) is 0 Å². The van der Waals surface area contributed by atoms with Crippen LogP contribution in [0.2, 0.25) is 5.15 Å². The molecule has 1 aliphatic heterocycles. The second-order valence-corrected chi connectivity index (χ2v) is 5.22. The maximum Gasteiger partial charge on any atom is 0.300 e. The van der Waals surface area contributed by atoms with Gasteiger partial charge in [-0.15, -0.1) is 0 Å². The smallest absolute Gasteiger partial charge is 0.300 e. The molecule has 1 amide bonds. The van der Waals surface area contributed by atoms with E-state index in [-0.39, 0.29) is 22.4 Å². The fraction of sp³-hybridized carbons (Fsp3) is 0.500. The number of carbonyl (C=O) groups is 1. The van der Waals surface area contributed by atoms with Gasteiger partial charge in [-0.3, -0.25) is 14.9 Å². The normalized spacial score (nSPS) is 22.3. The van der Waals surface area contributed by atoms with Gasteiger partial charge in [0.1, 0.15) is 16.9 Å². The molecule has 0 aromatic carbocycles. The average Bonchev–Trinajstić information content (AvgIpc) is 2.38. The Morgan fingerprint density at radius 1 is 1.65 bits per heavy atom. The number of halogens is 1. The van der Waals surface area contributed by atoms with Crippen molar-refractivity contribution in [2.75, 3.05) is 6.54 Å². The number of aromatic nitrogens is 1. The minimum atomic E-state index is -0.636. The van der Waals surface area contributed by atoms with Crippen molar-refractivity contribution in [3.8, 4) is 0 Å². The zero-order valence-electron chi connectivity index (χ0n) is 10.9. The summed E-state index contributed by atoms with van der Waals surface area (Å²) in [6.45, 7) is 2.84. The lowest BCUT2D eigenvalue weighted by Crippen LogP contribution is -2.46. The predicted octanol–water partition coefficient (Wildman–Crippen LogP) is 1.51. The SMILES string of the molecule is CC1CC(NC(=O)c2cc(Cl)ncc2[N+](=O)[O-])CCN1. The third kappa shape index (κ3) is 3.43. The van der Waals surface area contributed by atoms with Crippen molar-refractivity contribution in [2.24, 2.45) is 0 Å². The van der Waals surface area contributed by atoms with Crippen LogP contribution in [0.15, 0.2) is 12.3 Å². The molecule has 2 unspecified atom stereocenters. The molecule has 2 rings (SSSR count). The van der Waals surface area contributed by atoms with Gasteiger partial charge in [0.15, 0.2) is 0 Å². The number of hydrogen-bond donors (Lipinski definition) is 2. The highest BCUT2D eigenvalue weighted by Crippen LogP contribution is 2.21. The first-order valence-electron chi connectivity index (χ1n) is 6.31. The van der Waals surface area contributed by atoms with Gasteiger partial charge < -0.3 is 10.6 Å². The van der Waals surface area contributed by atoms with Crippen molar-refractivity contribution in [3.63, 3.8) is 0 Å². The van der Waals surface area contributed by atoms with E-state index in [9.17, 15) is 14.9 Å². The maximum absolute atomic E-state index is 12.2. The van der Waals surface area contributed by atoms with Gasteiger partial charge in [0, 0.05) is 12.1 Å². The summed E-state index contributed by atoms with van der Waals surface area (Å²) in [5.41, 5.74) is -0.393. The molecular formula is C12H15ClN4O3. The lowest BCUT2D eigenvalue weighted by molar-refractivity contribution is -0.385. The highest BCUT2D eigenvalue weighted by Gasteiger charge is 2.25. The van der Waals surface area contributed by atoms with Crippen LogP contribution in [-0.4, -0.2) is 34.4 Å². The second kappa shape index (κ2) is 6.15. The van der Waals surface area contributed by atoms with E-state index in [1.165, 1.54) is 6.07 Å². The molecule has 0 spiro atoms. The molecule has 1 aromatic rings. The molecular weight excluding hydrogens is 284 g/mol. The van der Waals surface area contributed by atoms with E-state index in [1.807, 2.05) is 6.92 Å². The van der Waals surface area contributed by atoms with Crippen molar-refractivity contribution in [1.29, 1.82) is 0 Å². The number of piperidine rings is 1. The zero-order chi connectivity index (χ0) is 14.7. The summed E-state index contributed by atoms with van der Waals surface area (Å²) in [4.78, 5) is 26.1. The van der Waals surface area contributed by atoms with Crippen LogP contribution < -0.4 is 10.6 Å². The molecule has 0 saturated carbocycles. The number of amides is 1. The summed E-state index contributed by atoms with van der Waals surface area (Å²) in [7, 11) is 0. The Kier molecular flexibility index (Phi) is 4.51. The van der Waals surface area contributed by atoms with Crippen molar-refractivity contribution >= 4 is 23.2 Å². The van der Waals surface area contributed by atoms with Crippen LogP contribution >= 0.6 is 11.6 Å². The van der Waals surface area contributed by atoms with Gasteiger partial charge in [-0.05, 0) is 32.4 Å². The number of nitrogens with one attached hydrogen (secondary N) is 2. The second-order valence-electron chi connectivity index (χ2n) is 4.83. The third-order valence-electron chi connectivity index (χ3n) is 3.25. The first-order chi connectivity index (χ1) is 9.47. The third-order valence-corrected chi connectivity index (χ3v) is 3.46. The minimum absolute atomic E-state index is 0.00490. The van der Waals surface area contributed by atoms with Gasteiger partial charge in [-0.2, -0.15) is 0 Å². The average molecular weight is 299 g/mol. The molecule has 0 aliphatic carbocycles. The summed E-state index contributed by atoms with van der Waals surface area (Å²) in [5.74, 6) is -0.486. The van der Waals surface area contributed by atoms with Crippen molar-refractivity contribution in [2.45, 2.75) is 31.8 Å². The Bertz CT molecular complexity index is 537. The molecule has 7 nitrogen and oxygen atoms in total. The highest BCUT2D eigenvalue weighted by molar-refractivity contribution is 6.29. The Labute approximate surface area is 120 Å². The first-order valence-corrected chi connectivity index (χ1v) is 6.69. The van der Waals surface area contributed by atoms with Crippen LogP contribution in [0, 0.1) is 10.1 Å². The van der Waals surface area contributed by atoms with Crippen molar-refractivity contribution in [3.05, 3.63) is 33.1 Å². The van der Waals surface area contributed by atoms with E-state index in [0.717, 1.165) is 25.6 Å². The molecule has 1 fully saturated rings. The van der Waals surface area contributed by atoms with Crippen LogP contribution in [-0.2, 0) is 0 Å². The monoisotopic (exact) mass is 298 g/mol. The summed E-state index contributed by atoms with van der Waals surface area (Å²) < 4.78 is 0. The molecule has 20 heavy (non-hydrogen) atoms. The standard InChI is InChI=1S/C12H15ClN4O3/c1-7-4-8(2-3-14-7)16-12(18)9-5-11(13)15-6-10(9)17(19)20/h5-8,14H,2-4H2,1H3,(H,16,18). The highest BCUT2D eigenvalue weighted by atomic mass is 35.5. The number of hydrogen-bond acceptors (Lipinski definition) is 5. The fourth-order valence-corrected chi connectivity index (χ4v) is 2.43. The Morgan fingerprint density at radius 3 is 3.05 bits per heavy atom. The van der Waals surface area contributed by atoms with Gasteiger partial charge in [-0.1, -0.05) is 11.6 Å². The van der Waals surface area contributed by atoms with E-state index in [1.54, 1.807) is 0 Å². The van der Waals surface area contributed by atoms with E-state index in [4.69, 9.17) is 11.6 Å². The molecule has 2 N–H and O–H groups in total. The molecule has 1 aromatic heterocycles. The summed E-state index contributed by atoms with van der Waals surface area (Å²) in [5, 5.41) is 17.1. The maximum atomic E-state index is 12.2. The zero-order valence-corrected chi connectivity index (χ0v) is 11.7. The largest absolute Gasteiger partial charge is 0.349 e. The van der Waals surface area contributed by atoms with Gasteiger partial charge >= 0.3 is 0 Å². The number of nitro groups is 1. The van der Waals surface area contributed by atoms with E-state index in [2.05, 4.69) is 15.6 Å². The fourth-order valence-electron chi connectivity index (χ4n) is 2.28. The lowest BCUT2D eigenvalue weighted by Gasteiger charge is -2.28. The van der Waals surface area contributed by atoms with Crippen LogP contribution in [0.4, 0.5) is 5.69 Å². The number of pyridine rings is 1. The molecule has 8 heteroatoms. The number of carbonyl (C=O) groups excluding carboxylic acids is 1. The molecule has 2 heterocycles. The number of nitrogens with zero attached hydrogens (tertiary/aromatic N) is 2. The lowest BCUT2D eigenvalue weighted by atomic mass is 10.0. The van der Waals surface area contributed by atoms with Gasteiger partial charge in [0.05, 0.1) is 4.92 Å². The molecule has 0 radical (unpaired) electrons. The predicted molar refractivity (Wildman–Crippen MR) is 73.9 cm³/mol. The topological polar surface area (TPSA) is 97.2 Å². The molecule has 2 atom stereocenters. The van der Waals surface area contributed by atoms with Crippen LogP contribution in [0.5, 0.6) is 0 Å². The van der Waals surface area contributed by atoms with Gasteiger partial charge in [-0.25, -0.2) is 4.98 Å². The van der Waals surface area contributed by atoms with E-state index in [0.29, 0.717) is 6.04 Å². The summed E-state index contributed by atoms with van der Waals surface area (Å²) in [6, 6.07) is 1.54. The van der Waals surface area contributed by atoms with E-state index < -0.39 is 10.8 Å². The summed E-state index contributed by atoms with van der Waals surface area (Å²) >= 11 is 5.71. The Morgan fingerprint density at radius 2 is 2.40 bits per heavy atom. The number of rotatable bonds is 3. The first kappa shape index (κ1) is 14.7. The Hall–Kier alpha value is -1.73. The molecule has 1 aliphatic rings. The molecule has 0 bridgehead atoms. The molecule has 108 valence electrons. The quantitative estimate of drug-likeness (QED) is 0.501. The Balaban J connectivity index is 2.16. The van der Waals surface area contributed by atoms with Crippen molar-refractivity contribution < 1.29 is 9.72 Å². The van der Waals surface area contributed by atoms with Crippen LogP contribution in [0.3, 0.4) is 0 Å². The molecule has 1 saturated heterocycles. The van der Waals surface area contributed by atoms with Gasteiger partial charge in [0.25, 0.3) is 11.6 Å². The van der Waals surface area contributed by atoms with Crippen LogP contribution in [0.25, 0.3) is 0 Å². The van der Waals surface area contributed by atoms with Crippen molar-refractivity contribution in [1.82, 2.24) is 15.6 Å². The minimum Gasteiger partial charge on any atom is -0.349 e.